The average molecular weight is 823 g/mol. The van der Waals surface area contributed by atoms with Crippen LogP contribution in [0.4, 0.5) is 4.79 Å². The van der Waals surface area contributed by atoms with Crippen LogP contribution in [0, 0.1) is 5.92 Å². The van der Waals surface area contributed by atoms with Gasteiger partial charge in [0.1, 0.15) is 30.8 Å². The van der Waals surface area contributed by atoms with Crippen molar-refractivity contribution in [2.75, 3.05) is 32.7 Å². The second-order valence-corrected chi connectivity index (χ2v) is 15.8. The zero-order chi connectivity index (χ0) is 42.1. The summed E-state index contributed by atoms with van der Waals surface area (Å²) in [7, 11) is 0. The Bertz CT molecular complexity index is 2500. The lowest BCUT2D eigenvalue weighted by atomic mass is 9.86. The molecule has 3 atom stereocenters. The number of aromatic amines is 1. The number of hydrogen-bond donors (Lipinski definition) is 5. The summed E-state index contributed by atoms with van der Waals surface area (Å²) in [5, 5.41) is 27.9. The molecule has 2 bridgehead atoms. The van der Waals surface area contributed by atoms with E-state index in [1.165, 1.54) is 12.1 Å². The molecule has 1 aromatic heterocycles. The van der Waals surface area contributed by atoms with E-state index < -0.39 is 24.2 Å². The van der Waals surface area contributed by atoms with Gasteiger partial charge in [0.2, 0.25) is 5.56 Å². The van der Waals surface area contributed by atoms with E-state index in [1.54, 1.807) is 30.3 Å². The Morgan fingerprint density at radius 2 is 1.57 bits per heavy atom. The number of piperidine rings is 3. The summed E-state index contributed by atoms with van der Waals surface area (Å²) in [5.74, 6) is 0.547. The van der Waals surface area contributed by atoms with Crippen molar-refractivity contribution in [1.82, 2.24) is 20.5 Å². The predicted molar refractivity (Wildman–Crippen MR) is 231 cm³/mol. The topological polar surface area (TPSA) is 162 Å². The van der Waals surface area contributed by atoms with Crippen molar-refractivity contribution in [3.63, 3.8) is 0 Å². The second-order valence-electron chi connectivity index (χ2n) is 15.8. The Hall–Kier alpha value is -6.47. The molecule has 314 valence electrons. The molecule has 3 aliphatic heterocycles. The van der Waals surface area contributed by atoms with Gasteiger partial charge < -0.3 is 40.0 Å². The van der Waals surface area contributed by atoms with Crippen LogP contribution in [-0.4, -0.2) is 71.0 Å². The van der Waals surface area contributed by atoms with Gasteiger partial charge in [-0.25, -0.2) is 9.59 Å². The highest BCUT2D eigenvalue weighted by atomic mass is 16.6. The number of fused-ring (bicyclic) bond motifs is 4. The van der Waals surface area contributed by atoms with Crippen LogP contribution in [0.3, 0.4) is 0 Å². The highest BCUT2D eigenvalue weighted by Crippen LogP contribution is 2.31. The molecule has 0 spiro atoms. The number of aromatic nitrogens is 1. The SMILES string of the molecule is O=C(N[C@@H](c1ccccc1)c1cccc(OCc2cccc(C(=O)OCc3ccc(CCNC[C@H](O)c4ccc(O)c5[nH]c(=O)ccc45)cc3)c2)c1)O[C@H]1CN2CCC1CC2. The predicted octanol–water partition coefficient (Wildman–Crippen LogP) is 6.95. The first-order chi connectivity index (χ1) is 29.8. The Morgan fingerprint density at radius 3 is 2.36 bits per heavy atom. The number of esters is 1. The minimum atomic E-state index is -0.836. The van der Waals surface area contributed by atoms with Crippen molar-refractivity contribution in [2.24, 2.45) is 5.92 Å². The molecule has 4 heterocycles. The van der Waals surface area contributed by atoms with Gasteiger partial charge in [-0.15, -0.1) is 0 Å². The maximum absolute atomic E-state index is 13.3. The lowest BCUT2D eigenvalue weighted by Crippen LogP contribution is -2.52. The Balaban J connectivity index is 0.804. The van der Waals surface area contributed by atoms with Crippen molar-refractivity contribution in [3.8, 4) is 11.5 Å². The molecular weight excluding hydrogens is 773 g/mol. The van der Waals surface area contributed by atoms with Crippen molar-refractivity contribution < 1.29 is 34.0 Å². The number of phenolic OH excluding ortho intramolecular Hbond substituents is 1. The van der Waals surface area contributed by atoms with Crippen LogP contribution in [0.15, 0.2) is 132 Å². The maximum Gasteiger partial charge on any atom is 0.408 e. The fourth-order valence-corrected chi connectivity index (χ4v) is 8.24. The minimum absolute atomic E-state index is 0.0484. The van der Waals surface area contributed by atoms with Crippen molar-refractivity contribution in [2.45, 2.75) is 50.7 Å². The lowest BCUT2D eigenvalue weighted by Gasteiger charge is -2.43. The number of aliphatic hydroxyl groups is 1. The number of nitrogens with zero attached hydrogens (tertiary/aromatic N) is 1. The number of amides is 1. The number of rotatable bonds is 16. The second kappa shape index (κ2) is 19.3. The molecule has 3 fully saturated rings. The van der Waals surface area contributed by atoms with Crippen LogP contribution in [0.1, 0.15) is 68.7 Å². The molecule has 6 aromatic rings. The summed E-state index contributed by atoms with van der Waals surface area (Å²) >= 11 is 0. The van der Waals surface area contributed by atoms with Gasteiger partial charge in [-0.2, -0.15) is 0 Å². The molecular formula is C49H50N4O8. The normalized spacial score (nSPS) is 18.0. The first-order valence-corrected chi connectivity index (χ1v) is 20.8. The molecule has 61 heavy (non-hydrogen) atoms. The third-order valence-electron chi connectivity index (χ3n) is 11.6. The van der Waals surface area contributed by atoms with Crippen LogP contribution < -0.4 is 20.9 Å². The summed E-state index contributed by atoms with van der Waals surface area (Å²) in [6.07, 6.45) is 1.48. The quantitative estimate of drug-likeness (QED) is 0.0511. The highest BCUT2D eigenvalue weighted by molar-refractivity contribution is 5.89. The Morgan fingerprint density at radius 1 is 0.803 bits per heavy atom. The van der Waals surface area contributed by atoms with E-state index in [-0.39, 0.29) is 30.6 Å². The largest absolute Gasteiger partial charge is 0.506 e. The van der Waals surface area contributed by atoms with Crippen LogP contribution in [-0.2, 0) is 29.1 Å². The fourth-order valence-electron chi connectivity index (χ4n) is 8.24. The number of carbonyl (C=O) groups is 2. The van der Waals surface area contributed by atoms with E-state index in [0.29, 0.717) is 53.2 Å². The molecule has 9 rings (SSSR count). The monoisotopic (exact) mass is 822 g/mol. The number of ether oxygens (including phenoxy) is 3. The zero-order valence-electron chi connectivity index (χ0n) is 33.8. The molecule has 0 saturated carbocycles. The third-order valence-corrected chi connectivity index (χ3v) is 11.6. The van der Waals surface area contributed by atoms with Gasteiger partial charge in [0, 0.05) is 24.5 Å². The van der Waals surface area contributed by atoms with E-state index in [1.807, 2.05) is 84.9 Å². The number of benzene rings is 5. The fraction of sp³-hybridized carbons (Fsp3) is 0.286. The van der Waals surface area contributed by atoms with Gasteiger partial charge in [-0.1, -0.05) is 84.9 Å². The summed E-state index contributed by atoms with van der Waals surface area (Å²) < 4.78 is 17.8. The van der Waals surface area contributed by atoms with Gasteiger partial charge in [-0.05, 0) is 115 Å². The van der Waals surface area contributed by atoms with E-state index in [2.05, 4.69) is 20.5 Å². The van der Waals surface area contributed by atoms with Gasteiger partial charge in [0.25, 0.3) is 0 Å². The highest BCUT2D eigenvalue weighted by Gasteiger charge is 2.37. The van der Waals surface area contributed by atoms with Gasteiger partial charge in [-0.3, -0.25) is 9.69 Å². The molecule has 0 unspecified atom stereocenters. The molecule has 3 aliphatic rings. The molecule has 0 radical (unpaired) electrons. The van der Waals surface area contributed by atoms with E-state index in [9.17, 15) is 24.6 Å². The number of aromatic hydroxyl groups is 1. The maximum atomic E-state index is 13.3. The van der Waals surface area contributed by atoms with Crippen molar-refractivity contribution in [1.29, 1.82) is 0 Å². The smallest absolute Gasteiger partial charge is 0.408 e. The number of H-pyrrole nitrogens is 1. The first-order valence-electron chi connectivity index (χ1n) is 20.8. The van der Waals surface area contributed by atoms with Crippen LogP contribution in [0.2, 0.25) is 0 Å². The standard InChI is InChI=1S/C49H50N4O8/c54-42-18-16-40(41-17-19-45(56)51-47(41)42)43(55)28-50-23-20-32-12-14-33(15-13-32)30-60-48(57)38-10-4-6-34(26-38)31-59-39-11-5-9-37(27-39)46(36-7-2-1-3-8-36)52-49(58)61-44-29-53-24-21-35(44)22-25-53/h1-19,26-27,35,43-44,46,50,54-55H,20-25,28-31H2,(H,51,56)(H,52,58)/t43-,44-,46-/m0/s1. The number of phenols is 1. The number of alkyl carbamates (subject to hydrolysis) is 1. The molecule has 0 aliphatic carbocycles. The number of hydrogen-bond acceptors (Lipinski definition) is 10. The lowest BCUT2D eigenvalue weighted by molar-refractivity contribution is -0.0336. The summed E-state index contributed by atoms with van der Waals surface area (Å²) in [6, 6.07) is 38.1. The number of pyridine rings is 1. The van der Waals surface area contributed by atoms with E-state index in [4.69, 9.17) is 14.2 Å². The Kier molecular flexibility index (Phi) is 13.0. The Labute approximate surface area is 354 Å². The molecule has 5 N–H and O–H groups in total. The van der Waals surface area contributed by atoms with Crippen molar-refractivity contribution >= 4 is 23.0 Å². The third kappa shape index (κ3) is 10.5. The minimum Gasteiger partial charge on any atom is -0.506 e. The van der Waals surface area contributed by atoms with E-state index >= 15 is 0 Å². The van der Waals surface area contributed by atoms with E-state index in [0.717, 1.165) is 60.3 Å². The van der Waals surface area contributed by atoms with Crippen LogP contribution >= 0.6 is 0 Å². The zero-order valence-corrected chi connectivity index (χ0v) is 33.8. The summed E-state index contributed by atoms with van der Waals surface area (Å²) in [4.78, 5) is 43.0. The first kappa shape index (κ1) is 41.3. The molecule has 12 nitrogen and oxygen atoms in total. The van der Waals surface area contributed by atoms with Crippen molar-refractivity contribution in [3.05, 3.63) is 177 Å². The summed E-state index contributed by atoms with van der Waals surface area (Å²) in [6.45, 7) is 4.18. The molecule has 1 amide bonds. The molecule has 3 saturated heterocycles. The van der Waals surface area contributed by atoms with Gasteiger partial charge in [0.15, 0.2) is 0 Å². The summed E-state index contributed by atoms with van der Waals surface area (Å²) in [5.41, 5.74) is 5.52. The van der Waals surface area contributed by atoms with Crippen LogP contribution in [0.25, 0.3) is 10.9 Å². The van der Waals surface area contributed by atoms with Crippen LogP contribution in [0.5, 0.6) is 11.5 Å². The molecule has 5 aromatic carbocycles. The number of carbonyl (C=O) groups excluding carboxylic acids is 2. The average Bonchev–Trinajstić information content (AvgIpc) is 3.29. The van der Waals surface area contributed by atoms with Gasteiger partial charge in [0.05, 0.1) is 23.2 Å². The van der Waals surface area contributed by atoms with Gasteiger partial charge >= 0.3 is 12.1 Å². The molecule has 12 heteroatoms. The number of nitrogens with one attached hydrogen (secondary N) is 3. The number of aliphatic hydroxyl groups excluding tert-OH is 1.